The summed E-state index contributed by atoms with van der Waals surface area (Å²) in [6.45, 7) is 5.89. The molecule has 2 aromatic carbocycles. The monoisotopic (exact) mass is 429 g/mol. The van der Waals surface area contributed by atoms with Gasteiger partial charge in [-0.05, 0) is 75.1 Å². The summed E-state index contributed by atoms with van der Waals surface area (Å²) in [6, 6.07) is 9.38. The highest BCUT2D eigenvalue weighted by Crippen LogP contribution is 2.27. The van der Waals surface area contributed by atoms with Crippen LogP contribution >= 0.6 is 0 Å². The van der Waals surface area contributed by atoms with Gasteiger partial charge in [0, 0.05) is 29.4 Å². The van der Waals surface area contributed by atoms with E-state index >= 15 is 0 Å². The molecule has 7 nitrogen and oxygen atoms in total. The van der Waals surface area contributed by atoms with Crippen molar-refractivity contribution in [2.24, 2.45) is 5.73 Å². The fourth-order valence-electron chi connectivity index (χ4n) is 3.79. The Balaban J connectivity index is 1.89. The Kier molecular flexibility index (Phi) is 6.28. The minimum Gasteiger partial charge on any atom is -0.366 e. The Labute approximate surface area is 177 Å². The van der Waals surface area contributed by atoms with Crippen molar-refractivity contribution in [3.05, 3.63) is 58.7 Å². The molecule has 1 fully saturated rings. The van der Waals surface area contributed by atoms with Crippen LogP contribution in [-0.2, 0) is 10.0 Å². The van der Waals surface area contributed by atoms with Gasteiger partial charge in [-0.3, -0.25) is 9.59 Å². The second kappa shape index (κ2) is 8.57. The molecule has 0 spiro atoms. The van der Waals surface area contributed by atoms with Crippen LogP contribution in [0.25, 0.3) is 0 Å². The maximum Gasteiger partial charge on any atom is 0.255 e. The molecule has 0 saturated carbocycles. The average Bonchev–Trinajstić information content (AvgIpc) is 2.68. The number of carbonyl (C=O) groups is 2. The van der Waals surface area contributed by atoms with Crippen molar-refractivity contribution in [2.75, 3.05) is 11.9 Å². The first kappa shape index (κ1) is 22.0. The summed E-state index contributed by atoms with van der Waals surface area (Å²) in [5, 5.41) is 2.77. The lowest BCUT2D eigenvalue weighted by Crippen LogP contribution is -2.42. The molecule has 8 heteroatoms. The molecule has 160 valence electrons. The number of sulfonamides is 1. The first-order valence-electron chi connectivity index (χ1n) is 9.95. The van der Waals surface area contributed by atoms with Gasteiger partial charge in [0.05, 0.1) is 4.90 Å². The standard InChI is InChI=1S/C22H27N3O4S/c1-14-7-9-18(30(28,29)25-11-5-4-6-16(25)3)13-20(14)22(27)24-17-8-10-19(21(23)26)15(2)12-17/h7-10,12-13,16H,4-6,11H2,1-3H3,(H2,23,26)(H,24,27). The molecule has 1 unspecified atom stereocenters. The van der Waals surface area contributed by atoms with Crippen LogP contribution in [0.2, 0.25) is 0 Å². The van der Waals surface area contributed by atoms with Crippen molar-refractivity contribution in [3.63, 3.8) is 0 Å². The highest BCUT2D eigenvalue weighted by atomic mass is 32.2. The molecule has 1 aliphatic heterocycles. The lowest BCUT2D eigenvalue weighted by Gasteiger charge is -2.32. The van der Waals surface area contributed by atoms with E-state index in [4.69, 9.17) is 5.73 Å². The van der Waals surface area contributed by atoms with Crippen molar-refractivity contribution in [2.45, 2.75) is 51.0 Å². The highest BCUT2D eigenvalue weighted by Gasteiger charge is 2.31. The van der Waals surface area contributed by atoms with Gasteiger partial charge in [0.2, 0.25) is 15.9 Å². The van der Waals surface area contributed by atoms with Gasteiger partial charge in [-0.1, -0.05) is 12.5 Å². The molecule has 0 aromatic heterocycles. The third kappa shape index (κ3) is 4.39. The van der Waals surface area contributed by atoms with E-state index in [1.165, 1.54) is 10.4 Å². The second-order valence-corrected chi connectivity index (χ2v) is 9.68. The third-order valence-electron chi connectivity index (χ3n) is 5.55. The molecule has 0 radical (unpaired) electrons. The van der Waals surface area contributed by atoms with Crippen molar-refractivity contribution in [1.82, 2.24) is 4.31 Å². The number of benzene rings is 2. The van der Waals surface area contributed by atoms with E-state index in [0.717, 1.165) is 19.3 Å². The number of nitrogens with zero attached hydrogens (tertiary/aromatic N) is 1. The fourth-order valence-corrected chi connectivity index (χ4v) is 5.51. The van der Waals surface area contributed by atoms with Crippen molar-refractivity contribution in [3.8, 4) is 0 Å². The predicted octanol–water partition coefficient (Wildman–Crippen LogP) is 3.22. The van der Waals surface area contributed by atoms with Gasteiger partial charge in [0.15, 0.2) is 0 Å². The summed E-state index contributed by atoms with van der Waals surface area (Å²) < 4.78 is 27.8. The number of primary amides is 1. The number of carbonyl (C=O) groups excluding carboxylic acids is 2. The smallest absolute Gasteiger partial charge is 0.255 e. The van der Waals surface area contributed by atoms with Crippen LogP contribution in [-0.4, -0.2) is 37.1 Å². The molecular formula is C22H27N3O4S. The molecular weight excluding hydrogens is 402 g/mol. The first-order chi connectivity index (χ1) is 14.1. The lowest BCUT2D eigenvalue weighted by atomic mass is 10.1. The summed E-state index contributed by atoms with van der Waals surface area (Å²) in [5.74, 6) is -0.950. The zero-order chi connectivity index (χ0) is 22.1. The van der Waals surface area contributed by atoms with Crippen LogP contribution in [0.15, 0.2) is 41.3 Å². The number of piperidine rings is 1. The number of aryl methyl sites for hydroxylation is 2. The Hall–Kier alpha value is -2.71. The SMILES string of the molecule is Cc1cc(NC(=O)c2cc(S(=O)(=O)N3CCCCC3C)ccc2C)ccc1C(N)=O. The lowest BCUT2D eigenvalue weighted by molar-refractivity contribution is 0.0997. The minimum absolute atomic E-state index is 0.0610. The summed E-state index contributed by atoms with van der Waals surface area (Å²) in [4.78, 5) is 24.4. The number of nitrogens with one attached hydrogen (secondary N) is 1. The van der Waals surface area contributed by atoms with Gasteiger partial charge < -0.3 is 11.1 Å². The summed E-state index contributed by atoms with van der Waals surface area (Å²) >= 11 is 0. The number of hydrogen-bond acceptors (Lipinski definition) is 4. The molecule has 30 heavy (non-hydrogen) atoms. The van der Waals surface area contributed by atoms with E-state index < -0.39 is 21.8 Å². The van der Waals surface area contributed by atoms with E-state index in [1.54, 1.807) is 44.2 Å². The van der Waals surface area contributed by atoms with Crippen LogP contribution in [0, 0.1) is 13.8 Å². The zero-order valence-electron chi connectivity index (χ0n) is 17.4. The van der Waals surface area contributed by atoms with Crippen LogP contribution < -0.4 is 11.1 Å². The van der Waals surface area contributed by atoms with Gasteiger partial charge >= 0.3 is 0 Å². The van der Waals surface area contributed by atoms with Crippen LogP contribution in [0.5, 0.6) is 0 Å². The van der Waals surface area contributed by atoms with Gasteiger partial charge in [0.1, 0.15) is 0 Å². The maximum atomic E-state index is 13.1. The largest absolute Gasteiger partial charge is 0.366 e. The maximum absolute atomic E-state index is 13.1. The van der Waals surface area contributed by atoms with Crippen molar-refractivity contribution >= 4 is 27.5 Å². The van der Waals surface area contributed by atoms with Crippen molar-refractivity contribution in [1.29, 1.82) is 0 Å². The first-order valence-corrected chi connectivity index (χ1v) is 11.4. The molecule has 0 bridgehead atoms. The number of hydrogen-bond donors (Lipinski definition) is 2. The number of amides is 2. The van der Waals surface area contributed by atoms with E-state index in [1.807, 2.05) is 6.92 Å². The van der Waals surface area contributed by atoms with E-state index in [-0.39, 0.29) is 16.5 Å². The summed E-state index contributed by atoms with van der Waals surface area (Å²) in [5.41, 5.74) is 7.81. The molecule has 1 heterocycles. The Bertz CT molecular complexity index is 1100. The van der Waals surface area contributed by atoms with E-state index in [9.17, 15) is 18.0 Å². The Morgan fingerprint density at radius 1 is 1.03 bits per heavy atom. The molecule has 0 aliphatic carbocycles. The number of nitrogens with two attached hydrogens (primary N) is 1. The number of anilines is 1. The molecule has 2 amide bonds. The van der Waals surface area contributed by atoms with Crippen LogP contribution in [0.4, 0.5) is 5.69 Å². The number of rotatable bonds is 5. The Morgan fingerprint density at radius 3 is 2.40 bits per heavy atom. The van der Waals surface area contributed by atoms with Gasteiger partial charge in [0.25, 0.3) is 5.91 Å². The topological polar surface area (TPSA) is 110 Å². The second-order valence-electron chi connectivity index (χ2n) is 7.79. The average molecular weight is 430 g/mol. The highest BCUT2D eigenvalue weighted by molar-refractivity contribution is 7.89. The van der Waals surface area contributed by atoms with Crippen LogP contribution in [0.3, 0.4) is 0 Å². The van der Waals surface area contributed by atoms with Crippen LogP contribution in [0.1, 0.15) is 58.0 Å². The third-order valence-corrected chi connectivity index (χ3v) is 7.56. The van der Waals surface area contributed by atoms with E-state index in [2.05, 4.69) is 5.32 Å². The van der Waals surface area contributed by atoms with E-state index in [0.29, 0.717) is 28.9 Å². The zero-order valence-corrected chi connectivity index (χ0v) is 18.3. The molecule has 1 atom stereocenters. The van der Waals surface area contributed by atoms with Gasteiger partial charge in [-0.25, -0.2) is 8.42 Å². The molecule has 3 rings (SSSR count). The summed E-state index contributed by atoms with van der Waals surface area (Å²) in [7, 11) is -3.68. The van der Waals surface area contributed by atoms with Gasteiger partial charge in [-0.15, -0.1) is 0 Å². The fraction of sp³-hybridized carbons (Fsp3) is 0.364. The molecule has 1 saturated heterocycles. The van der Waals surface area contributed by atoms with Gasteiger partial charge in [-0.2, -0.15) is 4.31 Å². The summed E-state index contributed by atoms with van der Waals surface area (Å²) in [6.07, 6.45) is 2.69. The minimum atomic E-state index is -3.68. The Morgan fingerprint density at radius 2 is 1.77 bits per heavy atom. The quantitative estimate of drug-likeness (QED) is 0.760. The molecule has 3 N–H and O–H groups in total. The molecule has 2 aromatic rings. The van der Waals surface area contributed by atoms with Crippen molar-refractivity contribution < 1.29 is 18.0 Å². The normalized spacial score (nSPS) is 17.5. The predicted molar refractivity (Wildman–Crippen MR) is 116 cm³/mol. The molecule has 1 aliphatic rings.